The fourth-order valence-electron chi connectivity index (χ4n) is 2.05. The summed E-state index contributed by atoms with van der Waals surface area (Å²) in [6.45, 7) is 0. The number of rotatable bonds is 1. The SMILES string of the molecule is Fc1ccccc1-c1[c]ccc2ccccc12. The molecule has 0 spiro atoms. The second-order valence-corrected chi connectivity index (χ2v) is 3.92. The fourth-order valence-corrected chi connectivity index (χ4v) is 2.05. The molecule has 0 aliphatic carbocycles. The highest BCUT2D eigenvalue weighted by molar-refractivity contribution is 5.96. The highest BCUT2D eigenvalue weighted by atomic mass is 19.1. The van der Waals surface area contributed by atoms with Crippen molar-refractivity contribution in [1.29, 1.82) is 0 Å². The first-order chi connectivity index (χ1) is 8.36. The maximum absolute atomic E-state index is 13.8. The fraction of sp³-hybridized carbons (Fsp3) is 0. The van der Waals surface area contributed by atoms with Gasteiger partial charge in [-0.05, 0) is 22.9 Å². The maximum Gasteiger partial charge on any atom is 0.131 e. The molecule has 0 fully saturated rings. The minimum Gasteiger partial charge on any atom is -0.206 e. The van der Waals surface area contributed by atoms with Crippen LogP contribution in [-0.4, -0.2) is 0 Å². The second-order valence-electron chi connectivity index (χ2n) is 3.92. The van der Waals surface area contributed by atoms with Crippen molar-refractivity contribution in [3.05, 3.63) is 72.5 Å². The molecule has 17 heavy (non-hydrogen) atoms. The van der Waals surface area contributed by atoms with E-state index in [2.05, 4.69) is 6.07 Å². The van der Waals surface area contributed by atoms with E-state index in [1.54, 1.807) is 12.1 Å². The first kappa shape index (κ1) is 10.0. The summed E-state index contributed by atoms with van der Waals surface area (Å²) in [6, 6.07) is 21.7. The summed E-state index contributed by atoms with van der Waals surface area (Å²) in [6.07, 6.45) is 0. The molecule has 1 radical (unpaired) electrons. The minimum atomic E-state index is -0.208. The molecular formula is C16H10F. The van der Waals surface area contributed by atoms with Gasteiger partial charge in [0.25, 0.3) is 0 Å². The molecule has 0 amide bonds. The van der Waals surface area contributed by atoms with E-state index in [0.717, 1.165) is 16.3 Å². The van der Waals surface area contributed by atoms with Crippen molar-refractivity contribution in [1.82, 2.24) is 0 Å². The van der Waals surface area contributed by atoms with Gasteiger partial charge >= 0.3 is 0 Å². The van der Waals surface area contributed by atoms with Gasteiger partial charge in [-0.25, -0.2) is 4.39 Å². The summed E-state index contributed by atoms with van der Waals surface area (Å²) in [7, 11) is 0. The van der Waals surface area contributed by atoms with Crippen LogP contribution in [0, 0.1) is 11.9 Å². The minimum absolute atomic E-state index is 0.208. The van der Waals surface area contributed by atoms with E-state index in [0.29, 0.717) is 5.56 Å². The van der Waals surface area contributed by atoms with Gasteiger partial charge in [0.1, 0.15) is 5.82 Å². The smallest absolute Gasteiger partial charge is 0.131 e. The largest absolute Gasteiger partial charge is 0.206 e. The van der Waals surface area contributed by atoms with Gasteiger partial charge in [-0.15, -0.1) is 0 Å². The molecule has 0 N–H and O–H groups in total. The van der Waals surface area contributed by atoms with Gasteiger partial charge in [-0.2, -0.15) is 0 Å². The first-order valence-electron chi connectivity index (χ1n) is 5.50. The Bertz CT molecular complexity index is 666. The van der Waals surface area contributed by atoms with Gasteiger partial charge in [-0.3, -0.25) is 0 Å². The number of fused-ring (bicyclic) bond motifs is 1. The van der Waals surface area contributed by atoms with Gasteiger partial charge in [0.2, 0.25) is 0 Å². The van der Waals surface area contributed by atoms with Crippen LogP contribution in [0.15, 0.2) is 60.7 Å². The number of halogens is 1. The molecule has 0 saturated heterocycles. The molecule has 3 rings (SSSR count). The second kappa shape index (κ2) is 4.02. The van der Waals surface area contributed by atoms with E-state index in [1.165, 1.54) is 6.07 Å². The monoisotopic (exact) mass is 221 g/mol. The van der Waals surface area contributed by atoms with Crippen molar-refractivity contribution in [3.63, 3.8) is 0 Å². The standard InChI is InChI=1S/C16H10F/c17-16-11-4-3-9-15(16)14-10-5-7-12-6-1-2-8-13(12)14/h1-9,11H. The molecule has 0 aliphatic rings. The maximum atomic E-state index is 13.8. The Kier molecular flexibility index (Phi) is 2.37. The van der Waals surface area contributed by atoms with E-state index in [1.807, 2.05) is 42.5 Å². The molecule has 1 heteroatoms. The van der Waals surface area contributed by atoms with Gasteiger partial charge in [-0.1, -0.05) is 54.6 Å². The normalized spacial score (nSPS) is 10.6. The zero-order valence-corrected chi connectivity index (χ0v) is 9.15. The highest BCUT2D eigenvalue weighted by Crippen LogP contribution is 2.29. The van der Waals surface area contributed by atoms with Crippen LogP contribution in [0.25, 0.3) is 21.9 Å². The lowest BCUT2D eigenvalue weighted by molar-refractivity contribution is 0.631. The van der Waals surface area contributed by atoms with Crippen molar-refractivity contribution in [2.45, 2.75) is 0 Å². The van der Waals surface area contributed by atoms with E-state index in [4.69, 9.17) is 0 Å². The molecule has 0 aliphatic heterocycles. The van der Waals surface area contributed by atoms with Crippen molar-refractivity contribution in [2.75, 3.05) is 0 Å². The lowest BCUT2D eigenvalue weighted by atomic mass is 9.98. The number of hydrogen-bond donors (Lipinski definition) is 0. The average molecular weight is 221 g/mol. The van der Waals surface area contributed by atoms with Crippen LogP contribution < -0.4 is 0 Å². The summed E-state index contributed by atoms with van der Waals surface area (Å²) in [5, 5.41) is 2.13. The third-order valence-corrected chi connectivity index (χ3v) is 2.86. The van der Waals surface area contributed by atoms with Crippen LogP contribution in [0.4, 0.5) is 4.39 Å². The molecule has 0 atom stereocenters. The Morgan fingerprint density at radius 2 is 1.59 bits per heavy atom. The topological polar surface area (TPSA) is 0 Å². The Labute approximate surface area is 99.3 Å². The zero-order chi connectivity index (χ0) is 11.7. The molecular weight excluding hydrogens is 211 g/mol. The van der Waals surface area contributed by atoms with E-state index in [9.17, 15) is 4.39 Å². The van der Waals surface area contributed by atoms with Crippen LogP contribution in [0.2, 0.25) is 0 Å². The third-order valence-electron chi connectivity index (χ3n) is 2.86. The first-order valence-corrected chi connectivity index (χ1v) is 5.50. The van der Waals surface area contributed by atoms with Gasteiger partial charge in [0, 0.05) is 11.1 Å². The molecule has 0 nitrogen and oxygen atoms in total. The lowest BCUT2D eigenvalue weighted by Gasteiger charge is -2.07. The molecule has 0 bridgehead atoms. The third kappa shape index (κ3) is 1.70. The molecule has 0 aromatic heterocycles. The highest BCUT2D eigenvalue weighted by Gasteiger charge is 2.07. The van der Waals surface area contributed by atoms with E-state index >= 15 is 0 Å². The van der Waals surface area contributed by atoms with Crippen molar-refractivity contribution < 1.29 is 4.39 Å². The average Bonchev–Trinajstić information content (AvgIpc) is 2.39. The van der Waals surface area contributed by atoms with Crippen molar-refractivity contribution >= 4 is 10.8 Å². The van der Waals surface area contributed by atoms with Crippen LogP contribution in [0.1, 0.15) is 0 Å². The Balaban J connectivity index is 2.35. The van der Waals surface area contributed by atoms with Crippen molar-refractivity contribution in [2.24, 2.45) is 0 Å². The molecule has 81 valence electrons. The van der Waals surface area contributed by atoms with Crippen LogP contribution in [0.5, 0.6) is 0 Å². The van der Waals surface area contributed by atoms with Gasteiger partial charge < -0.3 is 0 Å². The summed E-state index contributed by atoms with van der Waals surface area (Å²) in [5.41, 5.74) is 1.42. The predicted octanol–water partition coefficient (Wildman–Crippen LogP) is 4.45. The zero-order valence-electron chi connectivity index (χ0n) is 9.15. The Morgan fingerprint density at radius 3 is 2.47 bits per heavy atom. The quantitative estimate of drug-likeness (QED) is 0.569. The molecule has 0 saturated carbocycles. The van der Waals surface area contributed by atoms with Crippen molar-refractivity contribution in [3.8, 4) is 11.1 Å². The van der Waals surface area contributed by atoms with Crippen LogP contribution in [-0.2, 0) is 0 Å². The molecule has 3 aromatic rings. The molecule has 0 unspecified atom stereocenters. The van der Waals surface area contributed by atoms with Gasteiger partial charge in [0.05, 0.1) is 0 Å². The van der Waals surface area contributed by atoms with Gasteiger partial charge in [0.15, 0.2) is 0 Å². The van der Waals surface area contributed by atoms with Crippen LogP contribution in [0.3, 0.4) is 0 Å². The number of benzene rings is 3. The van der Waals surface area contributed by atoms with E-state index in [-0.39, 0.29) is 5.82 Å². The summed E-state index contributed by atoms with van der Waals surface area (Å²) in [4.78, 5) is 0. The Morgan fingerprint density at radius 1 is 0.824 bits per heavy atom. The lowest BCUT2D eigenvalue weighted by Crippen LogP contribution is -1.85. The number of hydrogen-bond acceptors (Lipinski definition) is 0. The summed E-state index contributed by atoms with van der Waals surface area (Å²) >= 11 is 0. The Hall–Kier alpha value is -2.15. The summed E-state index contributed by atoms with van der Waals surface area (Å²) in [5.74, 6) is -0.208. The van der Waals surface area contributed by atoms with Crippen LogP contribution >= 0.6 is 0 Å². The summed E-state index contributed by atoms with van der Waals surface area (Å²) < 4.78 is 13.8. The molecule has 3 aromatic carbocycles. The predicted molar refractivity (Wildman–Crippen MR) is 68.2 cm³/mol. The van der Waals surface area contributed by atoms with E-state index < -0.39 is 0 Å². The molecule has 0 heterocycles.